The summed E-state index contributed by atoms with van der Waals surface area (Å²) in [5.74, 6) is -0.954. The number of amides is 4. The van der Waals surface area contributed by atoms with Gasteiger partial charge in [0.25, 0.3) is 0 Å². The van der Waals surface area contributed by atoms with E-state index in [2.05, 4.69) is 26.3 Å². The van der Waals surface area contributed by atoms with Gasteiger partial charge in [-0.15, -0.1) is 0 Å². The number of guanidine groups is 1. The second-order valence-electron chi connectivity index (χ2n) is 14.1. The Morgan fingerprint density at radius 1 is 0.559 bits per heavy atom. The normalized spacial score (nSPS) is 12.3. The summed E-state index contributed by atoms with van der Waals surface area (Å²) in [6.45, 7) is 0.605. The van der Waals surface area contributed by atoms with Gasteiger partial charge in [0.05, 0.1) is 6.42 Å². The molecule has 4 amide bonds. The van der Waals surface area contributed by atoms with Crippen molar-refractivity contribution in [2.45, 2.75) is 56.0 Å². The SMILES string of the molecule is NC(N)=NCCC[C@@H](NC(=O)[C@H](CSCc1ccccc1)NC(=O)Cc1ccc(-c2ccccc2)cc1)C(=O)N[C@@H](Cc1ccccc1)C(=O)NCCc1ccccc1. The lowest BCUT2D eigenvalue weighted by molar-refractivity contribution is -0.133. The van der Waals surface area contributed by atoms with E-state index in [1.54, 1.807) is 0 Å². The van der Waals surface area contributed by atoms with Gasteiger partial charge in [-0.2, -0.15) is 11.8 Å². The van der Waals surface area contributed by atoms with Crippen molar-refractivity contribution in [2.24, 2.45) is 16.5 Å². The second-order valence-corrected chi connectivity index (χ2v) is 15.2. The predicted octanol–water partition coefficient (Wildman–Crippen LogP) is 4.94. The average molecular weight is 812 g/mol. The third-order valence-corrected chi connectivity index (χ3v) is 10.6. The zero-order chi connectivity index (χ0) is 41.7. The van der Waals surface area contributed by atoms with Crippen molar-refractivity contribution in [1.29, 1.82) is 0 Å². The van der Waals surface area contributed by atoms with Crippen LogP contribution in [0.15, 0.2) is 151 Å². The Bertz CT molecular complexity index is 2080. The molecule has 0 spiro atoms. The molecule has 0 saturated heterocycles. The van der Waals surface area contributed by atoms with Crippen molar-refractivity contribution >= 4 is 41.4 Å². The molecule has 5 aromatic rings. The monoisotopic (exact) mass is 811 g/mol. The van der Waals surface area contributed by atoms with E-state index in [9.17, 15) is 19.2 Å². The fourth-order valence-corrected chi connectivity index (χ4v) is 7.42. The summed E-state index contributed by atoms with van der Waals surface area (Å²) in [6, 6.07) is 43.8. The first-order chi connectivity index (χ1) is 28.7. The first-order valence-corrected chi connectivity index (χ1v) is 21.0. The van der Waals surface area contributed by atoms with E-state index in [1.807, 2.05) is 146 Å². The minimum atomic E-state index is -1.06. The average Bonchev–Trinajstić information content (AvgIpc) is 3.25. The highest BCUT2D eigenvalue weighted by Crippen LogP contribution is 2.20. The van der Waals surface area contributed by atoms with E-state index in [1.165, 1.54) is 11.8 Å². The Labute approximate surface area is 350 Å². The number of nitrogens with two attached hydrogens (primary N) is 2. The van der Waals surface area contributed by atoms with Crippen LogP contribution in [0, 0.1) is 0 Å². The van der Waals surface area contributed by atoms with Crippen LogP contribution in [0.3, 0.4) is 0 Å². The summed E-state index contributed by atoms with van der Waals surface area (Å²) in [6.07, 6.45) is 1.45. The Balaban J connectivity index is 1.30. The van der Waals surface area contributed by atoms with Gasteiger partial charge in [-0.3, -0.25) is 24.2 Å². The number of carbonyl (C=O) groups excluding carboxylic acids is 4. The molecule has 3 atom stereocenters. The van der Waals surface area contributed by atoms with E-state index in [4.69, 9.17) is 11.5 Å². The van der Waals surface area contributed by atoms with Gasteiger partial charge in [-0.05, 0) is 52.6 Å². The molecule has 306 valence electrons. The number of thioether (sulfide) groups is 1. The quantitative estimate of drug-likeness (QED) is 0.0326. The molecule has 12 heteroatoms. The van der Waals surface area contributed by atoms with E-state index in [0.29, 0.717) is 25.1 Å². The molecule has 0 saturated carbocycles. The lowest BCUT2D eigenvalue weighted by Gasteiger charge is -2.25. The summed E-state index contributed by atoms with van der Waals surface area (Å²) in [5.41, 5.74) is 17.0. The van der Waals surface area contributed by atoms with Crippen molar-refractivity contribution < 1.29 is 19.2 Å². The fourth-order valence-electron chi connectivity index (χ4n) is 6.40. The van der Waals surface area contributed by atoms with Crippen LogP contribution < -0.4 is 32.7 Å². The number of nitrogens with zero attached hydrogens (tertiary/aromatic N) is 1. The van der Waals surface area contributed by atoms with Crippen LogP contribution in [0.1, 0.15) is 35.1 Å². The molecule has 11 nitrogen and oxygen atoms in total. The van der Waals surface area contributed by atoms with Gasteiger partial charge in [0, 0.05) is 31.0 Å². The zero-order valence-corrected chi connectivity index (χ0v) is 33.9. The van der Waals surface area contributed by atoms with Crippen LogP contribution in [0.5, 0.6) is 0 Å². The zero-order valence-electron chi connectivity index (χ0n) is 33.1. The molecule has 0 unspecified atom stereocenters. The molecule has 0 radical (unpaired) electrons. The summed E-state index contributed by atoms with van der Waals surface area (Å²) in [7, 11) is 0. The standard InChI is InChI=1S/C47H53N7O4S/c48-47(49)51-28-13-22-40(45(57)54-41(30-35-16-7-2-8-17-35)44(56)50-29-27-34-14-5-1-6-15-34)53-46(58)42(33-59-32-37-18-9-3-10-19-37)52-43(55)31-36-23-25-39(26-24-36)38-20-11-4-12-21-38/h1-12,14-21,23-26,40-42H,13,22,27-33H2,(H,50,56)(H,52,55)(H,53,58)(H,54,57)(H4,48,49,51)/t40-,41+,42+/m1/s1. The first-order valence-electron chi connectivity index (χ1n) is 19.8. The van der Waals surface area contributed by atoms with Crippen LogP contribution in [0.4, 0.5) is 0 Å². The van der Waals surface area contributed by atoms with Gasteiger partial charge < -0.3 is 32.7 Å². The number of carbonyl (C=O) groups is 4. The molecule has 0 aliphatic carbocycles. The molecule has 0 aliphatic heterocycles. The minimum absolute atomic E-state index is 0.0607. The molecule has 59 heavy (non-hydrogen) atoms. The van der Waals surface area contributed by atoms with Crippen LogP contribution >= 0.6 is 11.8 Å². The highest BCUT2D eigenvalue weighted by atomic mass is 32.2. The molecule has 5 rings (SSSR count). The molecular weight excluding hydrogens is 759 g/mol. The fraction of sp³-hybridized carbons (Fsp3) is 0.255. The lowest BCUT2D eigenvalue weighted by Crippen LogP contribution is -2.57. The molecule has 5 aromatic carbocycles. The summed E-state index contributed by atoms with van der Waals surface area (Å²) in [5, 5.41) is 11.7. The smallest absolute Gasteiger partial charge is 0.244 e. The van der Waals surface area contributed by atoms with Crippen molar-refractivity contribution in [1.82, 2.24) is 21.3 Å². The lowest BCUT2D eigenvalue weighted by atomic mass is 10.0. The Kier molecular flexibility index (Phi) is 17.6. The molecule has 0 aromatic heterocycles. The Morgan fingerprint density at radius 2 is 1.10 bits per heavy atom. The molecule has 8 N–H and O–H groups in total. The van der Waals surface area contributed by atoms with Crippen molar-refractivity contribution in [2.75, 3.05) is 18.8 Å². The highest BCUT2D eigenvalue weighted by Gasteiger charge is 2.30. The number of hydrogen-bond donors (Lipinski definition) is 6. The van der Waals surface area contributed by atoms with E-state index < -0.39 is 29.9 Å². The molecule has 0 aliphatic rings. The van der Waals surface area contributed by atoms with Gasteiger partial charge in [-0.1, -0.05) is 146 Å². The Hall–Kier alpha value is -6.40. The van der Waals surface area contributed by atoms with Crippen LogP contribution in [0.2, 0.25) is 0 Å². The summed E-state index contributed by atoms with van der Waals surface area (Å²) in [4.78, 5) is 59.5. The van der Waals surface area contributed by atoms with Crippen LogP contribution in [0.25, 0.3) is 11.1 Å². The number of benzene rings is 5. The first kappa shape index (κ1) is 43.7. The van der Waals surface area contributed by atoms with Crippen molar-refractivity contribution in [3.63, 3.8) is 0 Å². The van der Waals surface area contributed by atoms with Gasteiger partial charge in [0.2, 0.25) is 23.6 Å². The van der Waals surface area contributed by atoms with Crippen molar-refractivity contribution in [3.8, 4) is 11.1 Å². The molecule has 0 heterocycles. The largest absolute Gasteiger partial charge is 0.370 e. The molecule has 0 fully saturated rings. The maximum absolute atomic E-state index is 14.2. The highest BCUT2D eigenvalue weighted by molar-refractivity contribution is 7.98. The van der Waals surface area contributed by atoms with Gasteiger partial charge in [0.1, 0.15) is 18.1 Å². The second kappa shape index (κ2) is 23.7. The van der Waals surface area contributed by atoms with Crippen LogP contribution in [-0.2, 0) is 44.2 Å². The van der Waals surface area contributed by atoms with Gasteiger partial charge in [-0.25, -0.2) is 0 Å². The van der Waals surface area contributed by atoms with Gasteiger partial charge >= 0.3 is 0 Å². The van der Waals surface area contributed by atoms with E-state index in [-0.39, 0.29) is 49.3 Å². The van der Waals surface area contributed by atoms with E-state index >= 15 is 0 Å². The number of hydrogen-bond acceptors (Lipinski definition) is 6. The maximum atomic E-state index is 14.2. The molecular formula is C47H53N7O4S. The van der Waals surface area contributed by atoms with E-state index in [0.717, 1.165) is 33.4 Å². The number of rotatable bonds is 22. The Morgan fingerprint density at radius 3 is 1.73 bits per heavy atom. The van der Waals surface area contributed by atoms with Crippen molar-refractivity contribution in [3.05, 3.63) is 168 Å². The summed E-state index contributed by atoms with van der Waals surface area (Å²) < 4.78 is 0. The third-order valence-electron chi connectivity index (χ3n) is 9.52. The summed E-state index contributed by atoms with van der Waals surface area (Å²) >= 11 is 1.50. The van der Waals surface area contributed by atoms with Gasteiger partial charge in [0.15, 0.2) is 5.96 Å². The topological polar surface area (TPSA) is 181 Å². The number of nitrogens with one attached hydrogen (secondary N) is 4. The third kappa shape index (κ3) is 15.5. The van der Waals surface area contributed by atoms with Crippen LogP contribution in [-0.4, -0.2) is 66.6 Å². The maximum Gasteiger partial charge on any atom is 0.244 e. The number of aliphatic imine (C=N–C) groups is 1. The predicted molar refractivity (Wildman–Crippen MR) is 237 cm³/mol. The molecule has 0 bridgehead atoms. The minimum Gasteiger partial charge on any atom is -0.370 e.